The first-order valence-corrected chi connectivity index (χ1v) is 4.93. The Bertz CT molecular complexity index is 514. The molecule has 0 spiro atoms. The molecule has 17 heavy (non-hydrogen) atoms. The third kappa shape index (κ3) is 1.75. The lowest BCUT2D eigenvalue weighted by molar-refractivity contribution is -0.122. The zero-order valence-electron chi connectivity index (χ0n) is 8.95. The zero-order valence-corrected chi connectivity index (χ0v) is 8.95. The number of carboxylic acid groups (broad SMARTS) is 1. The highest BCUT2D eigenvalue weighted by atomic mass is 16.4. The summed E-state index contributed by atoms with van der Waals surface area (Å²) in [5, 5.41) is 8.91. The fourth-order valence-corrected chi connectivity index (χ4v) is 1.65. The molecule has 1 aliphatic heterocycles. The molecule has 0 radical (unpaired) electrons. The molecule has 0 bridgehead atoms. The first-order chi connectivity index (χ1) is 8.02. The van der Waals surface area contributed by atoms with E-state index in [4.69, 9.17) is 5.11 Å². The molecule has 1 atom stereocenters. The molecule has 0 aliphatic carbocycles. The number of rotatable bonds is 2. The monoisotopic (exact) mass is 235 g/mol. The molecule has 2 amide bonds. The molecule has 1 aromatic rings. The lowest BCUT2D eigenvalue weighted by Gasteiger charge is -2.14. The van der Waals surface area contributed by atoms with Crippen LogP contribution < -0.4 is 4.90 Å². The van der Waals surface area contributed by atoms with Gasteiger partial charge in [0.2, 0.25) is 11.8 Å². The van der Waals surface area contributed by atoms with Gasteiger partial charge in [-0.15, -0.1) is 0 Å². The summed E-state index contributed by atoms with van der Waals surface area (Å²) < 4.78 is 0. The van der Waals surface area contributed by atoms with Gasteiger partial charge in [-0.3, -0.25) is 9.59 Å². The number of carbonyl (C=O) groups excluding carboxylic acids is 2. The van der Waals surface area contributed by atoms with Crippen LogP contribution in [0, 0.1) is 5.92 Å². The van der Waals surface area contributed by atoms with Crippen LogP contribution in [0.15, 0.2) is 12.4 Å². The second kappa shape index (κ2) is 3.93. The summed E-state index contributed by atoms with van der Waals surface area (Å²) in [5.74, 6) is -2.89. The van der Waals surface area contributed by atoms with Crippen LogP contribution in [0.5, 0.6) is 0 Å². The van der Waals surface area contributed by atoms with Crippen LogP contribution in [-0.4, -0.2) is 32.9 Å². The highest BCUT2D eigenvalue weighted by molar-refractivity contribution is 6.21. The van der Waals surface area contributed by atoms with Crippen molar-refractivity contribution in [1.82, 2.24) is 9.97 Å². The van der Waals surface area contributed by atoms with Crippen LogP contribution in [0.2, 0.25) is 0 Å². The molecule has 7 heteroatoms. The van der Waals surface area contributed by atoms with E-state index in [0.29, 0.717) is 0 Å². The van der Waals surface area contributed by atoms with Crippen LogP contribution in [0.4, 0.5) is 5.82 Å². The average Bonchev–Trinajstić information content (AvgIpc) is 2.53. The van der Waals surface area contributed by atoms with Gasteiger partial charge in [-0.1, -0.05) is 6.92 Å². The number of imide groups is 1. The Balaban J connectivity index is 2.51. The molecule has 0 aromatic carbocycles. The van der Waals surface area contributed by atoms with Crippen LogP contribution in [0.3, 0.4) is 0 Å². The van der Waals surface area contributed by atoms with Gasteiger partial charge in [0.25, 0.3) is 0 Å². The van der Waals surface area contributed by atoms with Crippen LogP contribution in [0.1, 0.15) is 23.8 Å². The fourth-order valence-electron chi connectivity index (χ4n) is 1.65. The summed E-state index contributed by atoms with van der Waals surface area (Å²) in [7, 11) is 0. The van der Waals surface area contributed by atoms with Crippen LogP contribution in [0.25, 0.3) is 0 Å². The van der Waals surface area contributed by atoms with Crippen molar-refractivity contribution >= 4 is 23.6 Å². The summed E-state index contributed by atoms with van der Waals surface area (Å²) in [6, 6.07) is 0. The minimum atomic E-state index is -1.33. The maximum Gasteiger partial charge on any atom is 0.358 e. The van der Waals surface area contributed by atoms with Crippen molar-refractivity contribution in [3.05, 3.63) is 18.1 Å². The molecule has 1 unspecified atom stereocenters. The molecule has 0 saturated carbocycles. The Kier molecular flexibility index (Phi) is 2.58. The van der Waals surface area contributed by atoms with E-state index in [0.717, 1.165) is 4.90 Å². The maximum atomic E-state index is 11.7. The van der Waals surface area contributed by atoms with Gasteiger partial charge >= 0.3 is 5.97 Å². The zero-order chi connectivity index (χ0) is 12.6. The van der Waals surface area contributed by atoms with Crippen LogP contribution >= 0.6 is 0 Å². The van der Waals surface area contributed by atoms with Gasteiger partial charge < -0.3 is 5.11 Å². The van der Waals surface area contributed by atoms with Crippen molar-refractivity contribution in [2.24, 2.45) is 5.92 Å². The van der Waals surface area contributed by atoms with Crippen LogP contribution in [-0.2, 0) is 9.59 Å². The van der Waals surface area contributed by atoms with Crippen molar-refractivity contribution in [1.29, 1.82) is 0 Å². The van der Waals surface area contributed by atoms with E-state index in [9.17, 15) is 14.4 Å². The molecule has 1 aromatic heterocycles. The fraction of sp³-hybridized carbons (Fsp3) is 0.300. The summed E-state index contributed by atoms with van der Waals surface area (Å²) in [4.78, 5) is 42.4. The van der Waals surface area contributed by atoms with Gasteiger partial charge in [0.1, 0.15) is 0 Å². The van der Waals surface area contributed by atoms with Crippen molar-refractivity contribution in [2.45, 2.75) is 13.3 Å². The molecular weight excluding hydrogens is 226 g/mol. The smallest absolute Gasteiger partial charge is 0.358 e. The van der Waals surface area contributed by atoms with Crippen molar-refractivity contribution < 1.29 is 19.5 Å². The molecule has 1 fully saturated rings. The van der Waals surface area contributed by atoms with E-state index in [-0.39, 0.29) is 12.2 Å². The van der Waals surface area contributed by atoms with Gasteiger partial charge in [-0.25, -0.2) is 19.7 Å². The topological polar surface area (TPSA) is 100 Å². The standard InChI is InChI=1S/C10H9N3O4/c1-5-4-6(14)13(9(5)15)8-7(10(16)17)11-2-3-12-8/h2-3,5H,4H2,1H3,(H,16,17). The number of anilines is 1. The summed E-state index contributed by atoms with van der Waals surface area (Å²) >= 11 is 0. The maximum absolute atomic E-state index is 11.7. The molecule has 1 N–H and O–H groups in total. The van der Waals surface area contributed by atoms with E-state index in [1.54, 1.807) is 6.92 Å². The Hall–Kier alpha value is -2.31. The van der Waals surface area contributed by atoms with Gasteiger partial charge in [-0.2, -0.15) is 0 Å². The number of carbonyl (C=O) groups is 3. The Morgan fingerprint density at radius 1 is 1.41 bits per heavy atom. The predicted octanol–water partition coefficient (Wildman–Crippen LogP) is 0.0742. The van der Waals surface area contributed by atoms with E-state index in [2.05, 4.69) is 9.97 Å². The summed E-state index contributed by atoms with van der Waals surface area (Å²) in [5.41, 5.74) is -0.400. The number of aromatic carboxylic acids is 1. The molecule has 7 nitrogen and oxygen atoms in total. The van der Waals surface area contributed by atoms with Crippen molar-refractivity contribution in [3.8, 4) is 0 Å². The first-order valence-electron chi connectivity index (χ1n) is 4.93. The lowest BCUT2D eigenvalue weighted by Crippen LogP contribution is -2.32. The SMILES string of the molecule is CC1CC(=O)N(c2nccnc2C(=O)O)C1=O. The van der Waals surface area contributed by atoms with E-state index in [1.807, 2.05) is 0 Å². The average molecular weight is 235 g/mol. The first kappa shape index (κ1) is 11.2. The molecule has 2 rings (SSSR count). The number of nitrogens with zero attached hydrogens (tertiary/aromatic N) is 3. The van der Waals surface area contributed by atoms with E-state index >= 15 is 0 Å². The quantitative estimate of drug-likeness (QED) is 0.728. The van der Waals surface area contributed by atoms with Gasteiger partial charge in [0, 0.05) is 24.7 Å². The summed E-state index contributed by atoms with van der Waals surface area (Å²) in [6.07, 6.45) is 2.50. The Morgan fingerprint density at radius 2 is 2.06 bits per heavy atom. The van der Waals surface area contributed by atoms with E-state index < -0.39 is 29.4 Å². The third-order valence-electron chi connectivity index (χ3n) is 2.47. The minimum absolute atomic E-state index is 0.0640. The highest BCUT2D eigenvalue weighted by Crippen LogP contribution is 2.26. The third-order valence-corrected chi connectivity index (χ3v) is 2.47. The second-order valence-electron chi connectivity index (χ2n) is 3.71. The molecule has 2 heterocycles. The Labute approximate surface area is 96.1 Å². The molecule has 88 valence electrons. The molecule has 1 aliphatic rings. The Morgan fingerprint density at radius 3 is 2.59 bits per heavy atom. The van der Waals surface area contributed by atoms with Gasteiger partial charge in [-0.05, 0) is 0 Å². The normalized spacial score (nSPS) is 19.8. The van der Waals surface area contributed by atoms with E-state index in [1.165, 1.54) is 12.4 Å². The second-order valence-corrected chi connectivity index (χ2v) is 3.71. The predicted molar refractivity (Wildman–Crippen MR) is 55.3 cm³/mol. The number of amides is 2. The van der Waals surface area contributed by atoms with Gasteiger partial charge in [0.05, 0.1) is 0 Å². The van der Waals surface area contributed by atoms with Gasteiger partial charge in [0.15, 0.2) is 11.5 Å². The number of carboxylic acids is 1. The minimum Gasteiger partial charge on any atom is -0.476 e. The highest BCUT2D eigenvalue weighted by Gasteiger charge is 2.39. The lowest BCUT2D eigenvalue weighted by atomic mass is 10.1. The van der Waals surface area contributed by atoms with Crippen molar-refractivity contribution in [3.63, 3.8) is 0 Å². The number of hydrogen-bond acceptors (Lipinski definition) is 5. The number of hydrogen-bond donors (Lipinski definition) is 1. The number of aromatic nitrogens is 2. The largest absolute Gasteiger partial charge is 0.476 e. The molecule has 1 saturated heterocycles. The summed E-state index contributed by atoms with van der Waals surface area (Å²) in [6.45, 7) is 1.61. The van der Waals surface area contributed by atoms with Crippen molar-refractivity contribution in [2.75, 3.05) is 4.90 Å². The molecular formula is C10H9N3O4.